The Balaban J connectivity index is 2.34. The number of phosphoric ester groups is 1. The first-order valence-electron chi connectivity index (χ1n) is 8.28. The molecule has 21 heteroatoms. The number of hydrogen-bond acceptors (Lipinski definition) is 11. The zero-order valence-electron chi connectivity index (χ0n) is 16.0. The second kappa shape index (κ2) is 9.36. The van der Waals surface area contributed by atoms with Gasteiger partial charge in [0.05, 0.1) is 6.61 Å². The van der Waals surface area contributed by atoms with Gasteiger partial charge in [-0.3, -0.25) is 18.9 Å². The molecule has 1 fully saturated rings. The Morgan fingerprint density at radius 3 is 2.30 bits per heavy atom. The molecule has 0 spiro atoms. The van der Waals surface area contributed by atoms with Crippen LogP contribution >= 0.6 is 23.5 Å². The summed E-state index contributed by atoms with van der Waals surface area (Å²) < 4.78 is 65.0. The van der Waals surface area contributed by atoms with Gasteiger partial charge in [0.1, 0.15) is 12.8 Å². The summed E-state index contributed by atoms with van der Waals surface area (Å²) in [6.45, 7) is 0.00707. The van der Waals surface area contributed by atoms with Gasteiger partial charge < -0.3 is 34.5 Å². The molecule has 1 saturated heterocycles. The number of hydrogen-bond donors (Lipinski definition) is 7. The highest BCUT2D eigenvalue weighted by atomic mass is 31.3. The monoisotopic (exact) mass is 542 g/mol. The molecule has 0 bridgehead atoms. The first-order valence-corrected chi connectivity index (χ1v) is 12.8. The normalized spacial score (nSPS) is 31.6. The van der Waals surface area contributed by atoms with Crippen LogP contribution < -0.4 is 11.2 Å². The van der Waals surface area contributed by atoms with Crippen molar-refractivity contribution in [2.45, 2.75) is 23.5 Å². The number of aliphatic hydroxyl groups excluding tert-OH is 1. The van der Waals surface area contributed by atoms with Crippen LogP contribution in [0.15, 0.2) is 34.5 Å². The van der Waals surface area contributed by atoms with Gasteiger partial charge in [-0.1, -0.05) is 12.7 Å². The number of nitrogens with zero attached hydrogens (tertiary/aromatic N) is 1. The highest BCUT2D eigenvalue weighted by molar-refractivity contribution is 7.66. The standard InChI is InChI=1S/C12H18FN2O15P3/c1-2-12(19)8(17)11(5-13,28-9(12)15-4-3-7(16)14-10(15)18)6-27-32(23,24)30-33(25,26)29-31(20,21)22/h2-4,8-9,17,19H,1,5-6H2,(H,23,24)(H,25,26)(H,14,16,18)(H2,20,21,22)/t8?,9-,11-,12-/m1/s1. The first-order chi connectivity index (χ1) is 14.9. The van der Waals surface area contributed by atoms with Crippen LogP contribution in [0.5, 0.6) is 0 Å². The Morgan fingerprint density at radius 2 is 1.82 bits per heavy atom. The molecule has 0 aliphatic carbocycles. The third-order valence-electron chi connectivity index (χ3n) is 4.22. The Bertz CT molecular complexity index is 1160. The second-order valence-electron chi connectivity index (χ2n) is 6.54. The van der Waals surface area contributed by atoms with Crippen molar-refractivity contribution >= 4 is 23.5 Å². The minimum atomic E-state index is -5.89. The number of phosphoric acid groups is 3. The van der Waals surface area contributed by atoms with Crippen LogP contribution in [0, 0.1) is 0 Å². The van der Waals surface area contributed by atoms with E-state index in [-0.39, 0.29) is 0 Å². The maximum atomic E-state index is 14.0. The predicted octanol–water partition coefficient (Wildman–Crippen LogP) is -1.61. The minimum Gasteiger partial charge on any atom is -0.386 e. The lowest BCUT2D eigenvalue weighted by molar-refractivity contribution is -0.137. The van der Waals surface area contributed by atoms with Crippen LogP contribution in [0.25, 0.3) is 0 Å². The van der Waals surface area contributed by atoms with E-state index >= 15 is 0 Å². The van der Waals surface area contributed by atoms with Gasteiger partial charge in [0.15, 0.2) is 17.4 Å². The summed E-state index contributed by atoms with van der Waals surface area (Å²) in [7, 11) is -17.3. The van der Waals surface area contributed by atoms with Crippen LogP contribution in [0.3, 0.4) is 0 Å². The van der Waals surface area contributed by atoms with Gasteiger partial charge in [-0.25, -0.2) is 22.9 Å². The van der Waals surface area contributed by atoms with E-state index in [9.17, 15) is 42.8 Å². The lowest BCUT2D eigenvalue weighted by Gasteiger charge is -2.31. The first kappa shape index (κ1) is 27.9. The van der Waals surface area contributed by atoms with Crippen molar-refractivity contribution in [1.29, 1.82) is 0 Å². The highest BCUT2D eigenvalue weighted by Gasteiger charge is 2.64. The number of halogens is 1. The average molecular weight is 542 g/mol. The molecule has 1 aliphatic rings. The fraction of sp³-hybridized carbons (Fsp3) is 0.500. The maximum absolute atomic E-state index is 14.0. The van der Waals surface area contributed by atoms with Crippen LogP contribution in [-0.2, 0) is 31.6 Å². The van der Waals surface area contributed by atoms with E-state index in [1.54, 1.807) is 0 Å². The lowest BCUT2D eigenvalue weighted by atomic mass is 9.87. The molecule has 1 aliphatic heterocycles. The fourth-order valence-electron chi connectivity index (χ4n) is 2.79. The lowest BCUT2D eigenvalue weighted by Crippen LogP contribution is -2.53. The average Bonchev–Trinajstić information content (AvgIpc) is 2.86. The largest absolute Gasteiger partial charge is 0.490 e. The third-order valence-corrected chi connectivity index (χ3v) is 8.01. The predicted molar refractivity (Wildman–Crippen MR) is 101 cm³/mol. The van der Waals surface area contributed by atoms with Gasteiger partial charge in [-0.05, 0) is 0 Å². The smallest absolute Gasteiger partial charge is 0.386 e. The molecule has 6 atom stereocenters. The minimum absolute atomic E-state index is 0.536. The molecule has 1 aromatic rings. The molecule has 0 radical (unpaired) electrons. The number of rotatable bonds is 10. The molecule has 2 rings (SSSR count). The van der Waals surface area contributed by atoms with Gasteiger partial charge in [0.2, 0.25) is 0 Å². The Kier molecular flexibility index (Phi) is 7.90. The number of H-pyrrole nitrogens is 1. The van der Waals surface area contributed by atoms with Crippen molar-refractivity contribution in [3.8, 4) is 0 Å². The number of ether oxygens (including phenoxy) is 1. The number of aliphatic hydroxyl groups is 2. The topological polar surface area (TPSA) is 264 Å². The molecule has 0 saturated carbocycles. The summed E-state index contributed by atoms with van der Waals surface area (Å²) in [5.41, 5.74) is -7.38. The van der Waals surface area contributed by atoms with E-state index in [0.29, 0.717) is 10.6 Å². The van der Waals surface area contributed by atoms with E-state index in [2.05, 4.69) is 19.7 Å². The molecule has 0 amide bonds. The number of aromatic nitrogens is 2. The summed E-state index contributed by atoms with van der Waals surface area (Å²) in [6, 6.07) is 0.822. The van der Waals surface area contributed by atoms with Crippen molar-refractivity contribution < 1.29 is 65.8 Å². The SMILES string of the molecule is C=C[C@@]1(O)C(O)[C@@](CF)(COP(=O)(O)OP(=O)(O)OP(=O)(O)O)O[C@H]1n1ccc(=O)[nH]c1=O. The second-order valence-corrected chi connectivity index (χ2v) is 11.0. The van der Waals surface area contributed by atoms with Crippen molar-refractivity contribution in [1.82, 2.24) is 9.55 Å². The molecular weight excluding hydrogens is 524 g/mol. The van der Waals surface area contributed by atoms with E-state index < -0.39 is 71.5 Å². The van der Waals surface area contributed by atoms with E-state index in [0.717, 1.165) is 12.3 Å². The molecule has 33 heavy (non-hydrogen) atoms. The molecule has 188 valence electrons. The molecular formula is C12H18FN2O15P3. The van der Waals surface area contributed by atoms with Crippen molar-refractivity contribution in [2.75, 3.05) is 13.3 Å². The van der Waals surface area contributed by atoms with E-state index in [1.807, 2.05) is 4.98 Å². The summed E-state index contributed by atoms with van der Waals surface area (Å²) in [4.78, 5) is 60.8. The Labute approximate surface area is 182 Å². The highest BCUT2D eigenvalue weighted by Crippen LogP contribution is 2.66. The van der Waals surface area contributed by atoms with Gasteiger partial charge in [-0.2, -0.15) is 8.62 Å². The Morgan fingerprint density at radius 1 is 1.21 bits per heavy atom. The number of nitrogens with one attached hydrogen (secondary N) is 1. The summed E-state index contributed by atoms with van der Waals surface area (Å²) in [6.07, 6.45) is -2.84. The van der Waals surface area contributed by atoms with Crippen molar-refractivity contribution in [2.24, 2.45) is 0 Å². The van der Waals surface area contributed by atoms with Crippen LogP contribution in [0.1, 0.15) is 6.23 Å². The fourth-order valence-corrected chi connectivity index (χ4v) is 5.87. The van der Waals surface area contributed by atoms with Gasteiger partial charge >= 0.3 is 29.2 Å². The van der Waals surface area contributed by atoms with Gasteiger partial charge in [-0.15, -0.1) is 0 Å². The number of alkyl halides is 1. The third kappa shape index (κ3) is 6.21. The van der Waals surface area contributed by atoms with Crippen molar-refractivity contribution in [3.63, 3.8) is 0 Å². The zero-order valence-corrected chi connectivity index (χ0v) is 18.7. The molecule has 3 unspecified atom stereocenters. The van der Waals surface area contributed by atoms with Gasteiger partial charge in [0.25, 0.3) is 5.56 Å². The molecule has 2 heterocycles. The zero-order chi connectivity index (χ0) is 25.5. The van der Waals surface area contributed by atoms with Crippen molar-refractivity contribution in [3.05, 3.63) is 45.8 Å². The van der Waals surface area contributed by atoms with Crippen LogP contribution in [0.2, 0.25) is 0 Å². The maximum Gasteiger partial charge on any atom is 0.490 e. The summed E-state index contributed by atoms with van der Waals surface area (Å²) in [5, 5.41) is 21.3. The summed E-state index contributed by atoms with van der Waals surface area (Å²) >= 11 is 0. The van der Waals surface area contributed by atoms with E-state index in [1.165, 1.54) is 0 Å². The van der Waals surface area contributed by atoms with Crippen LogP contribution in [-0.4, -0.2) is 69.9 Å². The molecule has 1 aromatic heterocycles. The summed E-state index contributed by atoms with van der Waals surface area (Å²) in [5.74, 6) is 0. The van der Waals surface area contributed by atoms with E-state index in [4.69, 9.17) is 19.4 Å². The molecule has 7 N–H and O–H groups in total. The molecule has 17 nitrogen and oxygen atoms in total. The molecule has 0 aromatic carbocycles. The van der Waals surface area contributed by atoms with Crippen LogP contribution in [0.4, 0.5) is 4.39 Å². The Hall–Kier alpha value is -1.36. The quantitative estimate of drug-likeness (QED) is 0.130. The number of aromatic amines is 1. The van der Waals surface area contributed by atoms with Gasteiger partial charge in [0, 0.05) is 12.3 Å².